The van der Waals surface area contributed by atoms with Crippen LogP contribution in [-0.4, -0.2) is 166 Å². The van der Waals surface area contributed by atoms with E-state index in [1.54, 1.807) is 84.8 Å². The summed E-state index contributed by atoms with van der Waals surface area (Å²) in [6, 6.07) is 8.84. The highest BCUT2D eigenvalue weighted by atomic mass is 16.7. The summed E-state index contributed by atoms with van der Waals surface area (Å²) in [4.78, 5) is 27.2. The molecule has 1 aliphatic carbocycles. The highest BCUT2D eigenvalue weighted by molar-refractivity contribution is 5.99. The number of hydrogen-bond donors (Lipinski definition) is 3. The first-order valence-electron chi connectivity index (χ1n) is 32.0. The number of hydrogen-bond acceptors (Lipinski definition) is 20. The van der Waals surface area contributed by atoms with Crippen LogP contribution >= 0.6 is 0 Å². The summed E-state index contributed by atoms with van der Waals surface area (Å²) >= 11 is 0. The Morgan fingerprint density at radius 1 is 0.791 bits per heavy atom. The third-order valence-electron chi connectivity index (χ3n) is 19.4. The average Bonchev–Trinajstić information content (AvgIpc) is 1.73. The Hall–Kier alpha value is -5.72. The summed E-state index contributed by atoms with van der Waals surface area (Å²) in [5.41, 5.74) is 1.24. The number of aliphatic hydroxyl groups excluding tert-OH is 2. The highest BCUT2D eigenvalue weighted by Gasteiger charge is 2.60. The molecule has 20 nitrogen and oxygen atoms in total. The van der Waals surface area contributed by atoms with E-state index in [0.717, 1.165) is 17.6 Å². The van der Waals surface area contributed by atoms with Crippen LogP contribution in [0, 0.1) is 23.7 Å². The fraction of sp³-hybridized carbons (Fsp3) is 0.606. The molecule has 4 saturated heterocycles. The molecule has 20 unspecified atom stereocenters. The Labute approximate surface area is 534 Å². The predicted octanol–water partition coefficient (Wildman–Crippen LogP) is 10.0. The lowest BCUT2D eigenvalue weighted by atomic mass is 9.71. The Morgan fingerprint density at radius 3 is 2.19 bits per heavy atom. The Morgan fingerprint density at radius 2 is 1.49 bits per heavy atom. The molecule has 0 saturated carbocycles. The second-order valence-corrected chi connectivity index (χ2v) is 26.2. The fourth-order valence-corrected chi connectivity index (χ4v) is 14.1. The smallest absolute Gasteiger partial charge is 0.347 e. The summed E-state index contributed by atoms with van der Waals surface area (Å²) < 4.78 is 92.0. The molecule has 1 spiro atoms. The largest absolute Gasteiger partial charge is 0.497 e. The van der Waals surface area contributed by atoms with Crippen molar-refractivity contribution in [2.45, 2.75) is 211 Å². The van der Waals surface area contributed by atoms with E-state index in [1.165, 1.54) is 7.11 Å². The normalized spacial score (nSPS) is 36.5. The second kappa shape index (κ2) is 28.1. The van der Waals surface area contributed by atoms with Crippen molar-refractivity contribution in [1.29, 1.82) is 0 Å². The first-order valence-corrected chi connectivity index (χ1v) is 32.0. The number of aliphatic hydroxyl groups is 3. The summed E-state index contributed by atoms with van der Waals surface area (Å²) in [6.45, 7) is 20.0. The number of allylic oxidation sites excluding steroid dienone is 2. The van der Waals surface area contributed by atoms with E-state index in [2.05, 4.69) is 39.8 Å². The van der Waals surface area contributed by atoms with Crippen molar-refractivity contribution in [3.63, 3.8) is 0 Å². The number of carbonyl (C=O) groups excluding carboxylic acids is 1. The van der Waals surface area contributed by atoms with E-state index < -0.39 is 102 Å². The van der Waals surface area contributed by atoms with Gasteiger partial charge in [-0.05, 0) is 107 Å². The zero-order valence-electron chi connectivity index (χ0n) is 55.2. The van der Waals surface area contributed by atoms with Gasteiger partial charge in [0.25, 0.3) is 0 Å². The van der Waals surface area contributed by atoms with Gasteiger partial charge in [-0.15, -0.1) is 0 Å². The second-order valence-electron chi connectivity index (χ2n) is 26.2. The SMILES string of the molecule is CCC(C)C1OC2(C=CC1C)CC1CC(CC=C(C)C(OC3CC(OC)C(OC4CC(OC)C(O)C(C)O4)C(C)O3)C(C)C=CC=C3COC4C(O)C(C)=CC(C(=O)O1)C34O)O2.COc1ccc(-c2c(OC)c3c(OC)c4c(cc3oc2=O)OC(C)(C)C=C4)cc1. The first-order chi connectivity index (χ1) is 43.4. The molecule has 20 atom stereocenters. The van der Waals surface area contributed by atoms with Gasteiger partial charge in [0.05, 0.1) is 76.2 Å². The van der Waals surface area contributed by atoms with Gasteiger partial charge in [0.15, 0.2) is 18.4 Å². The third-order valence-corrected chi connectivity index (χ3v) is 19.4. The molecule has 3 N–H and O–H groups in total. The quantitative estimate of drug-likeness (QED) is 0.0868. The lowest BCUT2D eigenvalue weighted by Gasteiger charge is -2.48. The molecule has 0 radical (unpaired) electrons. The number of benzene rings is 2. The van der Waals surface area contributed by atoms with Crippen molar-refractivity contribution >= 4 is 23.0 Å². The summed E-state index contributed by atoms with van der Waals surface area (Å²) in [5.74, 6) is -0.371. The molecule has 7 aliphatic heterocycles. The minimum atomic E-state index is -1.84. The topological polar surface area (TPSA) is 237 Å². The van der Waals surface area contributed by atoms with E-state index in [1.807, 2.05) is 58.1 Å². The van der Waals surface area contributed by atoms with E-state index in [4.69, 9.17) is 70.7 Å². The van der Waals surface area contributed by atoms with E-state index in [-0.39, 0.29) is 42.7 Å². The maximum atomic E-state index is 14.3. The molecular formula is C71H94O20. The van der Waals surface area contributed by atoms with Crippen molar-refractivity contribution in [2.24, 2.45) is 23.7 Å². The van der Waals surface area contributed by atoms with Crippen LogP contribution in [0.5, 0.6) is 23.0 Å². The minimum Gasteiger partial charge on any atom is -0.497 e. The summed E-state index contributed by atoms with van der Waals surface area (Å²) in [7, 11) is 7.90. The number of carbonyl (C=O) groups is 1. The molecule has 1 aromatic heterocycles. The van der Waals surface area contributed by atoms with Gasteiger partial charge in [0.2, 0.25) is 0 Å². The Balaban J connectivity index is 0.000000260. The van der Waals surface area contributed by atoms with Crippen LogP contribution in [-0.2, 0) is 52.2 Å². The van der Waals surface area contributed by atoms with Crippen molar-refractivity contribution < 1.29 is 90.8 Å². The molecule has 20 heteroatoms. The molecule has 2 bridgehead atoms. The average molecular weight is 1270 g/mol. The van der Waals surface area contributed by atoms with Gasteiger partial charge in [0, 0.05) is 57.8 Å². The van der Waals surface area contributed by atoms with E-state index >= 15 is 0 Å². The Bertz CT molecular complexity index is 3320. The van der Waals surface area contributed by atoms with Crippen LogP contribution < -0.4 is 24.6 Å². The summed E-state index contributed by atoms with van der Waals surface area (Å²) in [6.07, 6.45) is 12.5. The van der Waals surface area contributed by atoms with Gasteiger partial charge >= 0.3 is 11.6 Å². The summed E-state index contributed by atoms with van der Waals surface area (Å²) in [5, 5.41) is 34.8. The van der Waals surface area contributed by atoms with Gasteiger partial charge in [-0.3, -0.25) is 4.79 Å². The minimum absolute atomic E-state index is 0.0317. The van der Waals surface area contributed by atoms with Crippen LogP contribution in [0.1, 0.15) is 113 Å². The number of esters is 1. The number of fused-ring (bicyclic) bond motifs is 4. The number of ether oxygens (including phenoxy) is 14. The third kappa shape index (κ3) is 13.9. The van der Waals surface area contributed by atoms with Crippen LogP contribution in [0.4, 0.5) is 0 Å². The standard InChI is InChI=1S/C48H72O14.C23H22O6/c1-11-25(2)43-28(5)17-18-47(62-43)23-34-20-33(61-47)16-15-27(4)42(26(3)13-12-14-32-24-55-45-40(49)29(6)19-35(46(51)58-34)48(32,45)52)59-39-22-37(54-10)44(31(8)57-39)60-38-21-36(53-9)41(50)30(7)56-38;1-23(2)11-10-15-16(29-23)12-17-19(20(15)26-4)21(27-5)18(22(24)28-17)13-6-8-14(25-3)9-7-13/h12-15,17-19,25-26,28,30-31,33-45,49-50,52H,11,16,20-24H2,1-10H3;6-12H,1-5H3. The van der Waals surface area contributed by atoms with Crippen molar-refractivity contribution in [1.82, 2.24) is 0 Å². The van der Waals surface area contributed by atoms with Crippen molar-refractivity contribution in [3.05, 3.63) is 112 Å². The maximum Gasteiger partial charge on any atom is 0.347 e. The number of rotatable bonds is 12. The molecule has 2 aromatic carbocycles. The van der Waals surface area contributed by atoms with Crippen LogP contribution in [0.3, 0.4) is 0 Å². The molecule has 3 aromatic rings. The van der Waals surface area contributed by atoms with Gasteiger partial charge < -0.3 is 86.1 Å². The molecule has 8 aliphatic rings. The van der Waals surface area contributed by atoms with E-state index in [0.29, 0.717) is 88.3 Å². The zero-order valence-corrected chi connectivity index (χ0v) is 55.2. The molecule has 4 fully saturated rings. The molecule has 0 amide bonds. The molecular weight excluding hydrogens is 1170 g/mol. The lowest BCUT2D eigenvalue weighted by molar-refractivity contribution is -0.318. The van der Waals surface area contributed by atoms with Gasteiger partial charge in [0.1, 0.15) is 87.2 Å². The fourth-order valence-electron chi connectivity index (χ4n) is 14.1. The highest BCUT2D eigenvalue weighted by Crippen LogP contribution is 2.50. The lowest BCUT2D eigenvalue weighted by Crippen LogP contribution is -2.58. The zero-order chi connectivity index (χ0) is 65.4. The van der Waals surface area contributed by atoms with E-state index in [9.17, 15) is 24.9 Å². The van der Waals surface area contributed by atoms with Crippen LogP contribution in [0.25, 0.3) is 28.2 Å². The van der Waals surface area contributed by atoms with Gasteiger partial charge in [-0.25, -0.2) is 4.79 Å². The van der Waals surface area contributed by atoms with Gasteiger partial charge in [-0.1, -0.05) is 82.7 Å². The van der Waals surface area contributed by atoms with Crippen molar-refractivity contribution in [2.75, 3.05) is 42.2 Å². The van der Waals surface area contributed by atoms with Crippen LogP contribution in [0.15, 0.2) is 105 Å². The van der Waals surface area contributed by atoms with Crippen LogP contribution in [0.2, 0.25) is 0 Å². The Kier molecular flexibility index (Phi) is 21.0. The van der Waals surface area contributed by atoms with Gasteiger partial charge in [-0.2, -0.15) is 0 Å². The molecule has 498 valence electrons. The molecule has 11 rings (SSSR count). The predicted molar refractivity (Wildman–Crippen MR) is 339 cm³/mol. The molecule has 8 heterocycles. The first kappa shape index (κ1) is 68.1. The number of methoxy groups -OCH3 is 5. The maximum absolute atomic E-state index is 14.3. The van der Waals surface area contributed by atoms with Crippen molar-refractivity contribution in [3.8, 4) is 34.1 Å². The molecule has 91 heavy (non-hydrogen) atoms. The monoisotopic (exact) mass is 1270 g/mol.